The zero-order valence-electron chi connectivity index (χ0n) is 13.8. The maximum Gasteiger partial charge on any atom is 0.245 e. The van der Waals surface area contributed by atoms with E-state index in [1.807, 2.05) is 13.8 Å². The Bertz CT molecular complexity index is 695. The Balaban J connectivity index is 2.07. The number of benzene rings is 1. The van der Waals surface area contributed by atoms with E-state index in [1.54, 1.807) is 24.3 Å². The minimum absolute atomic E-state index is 0.140. The summed E-state index contributed by atoms with van der Waals surface area (Å²) in [5.41, 5.74) is -0.720. The SMILES string of the molecule is Cc1ccc(S(=O)(=O)N2CC(C)(C)CC3(C)CCC23O)cc1. The average Bonchev–Trinajstić information content (AvgIpc) is 2.41. The van der Waals surface area contributed by atoms with Crippen LogP contribution < -0.4 is 0 Å². The van der Waals surface area contributed by atoms with E-state index in [4.69, 9.17) is 0 Å². The highest BCUT2D eigenvalue weighted by atomic mass is 32.2. The van der Waals surface area contributed by atoms with Crippen molar-refractivity contribution in [3.8, 4) is 0 Å². The molecule has 1 aliphatic carbocycles. The Hall–Kier alpha value is -0.910. The number of nitrogens with zero attached hydrogens (tertiary/aromatic N) is 1. The zero-order valence-corrected chi connectivity index (χ0v) is 14.6. The summed E-state index contributed by atoms with van der Waals surface area (Å²) in [5, 5.41) is 11.1. The van der Waals surface area contributed by atoms with Gasteiger partial charge < -0.3 is 5.11 Å². The Morgan fingerprint density at radius 3 is 2.18 bits per heavy atom. The van der Waals surface area contributed by atoms with Gasteiger partial charge in [-0.2, -0.15) is 4.31 Å². The van der Waals surface area contributed by atoms with E-state index in [-0.39, 0.29) is 15.7 Å². The predicted octanol–water partition coefficient (Wildman–Crippen LogP) is 2.90. The summed E-state index contributed by atoms with van der Waals surface area (Å²) in [6.45, 7) is 8.45. The van der Waals surface area contributed by atoms with Crippen LogP contribution in [0.1, 0.15) is 45.6 Å². The van der Waals surface area contributed by atoms with Gasteiger partial charge in [0.25, 0.3) is 0 Å². The molecule has 4 nitrogen and oxygen atoms in total. The number of sulfonamides is 1. The molecular weight excluding hydrogens is 298 g/mol. The van der Waals surface area contributed by atoms with E-state index in [0.29, 0.717) is 13.0 Å². The second kappa shape index (κ2) is 4.56. The highest BCUT2D eigenvalue weighted by Gasteiger charge is 2.66. The predicted molar refractivity (Wildman–Crippen MR) is 85.8 cm³/mol. The molecule has 1 aromatic carbocycles. The van der Waals surface area contributed by atoms with E-state index in [1.165, 1.54) is 4.31 Å². The number of fused-ring (bicyclic) bond motifs is 1. The van der Waals surface area contributed by atoms with E-state index in [0.717, 1.165) is 18.4 Å². The summed E-state index contributed by atoms with van der Waals surface area (Å²) in [6, 6.07) is 6.86. The topological polar surface area (TPSA) is 57.6 Å². The quantitative estimate of drug-likeness (QED) is 0.910. The van der Waals surface area contributed by atoms with Crippen molar-refractivity contribution in [3.05, 3.63) is 29.8 Å². The standard InChI is InChI=1S/C17H25NO3S/c1-13-5-7-14(8-6-13)22(20,21)18-12-15(2,3)11-16(4)9-10-17(16,18)19/h5-8,19H,9-12H2,1-4H3. The molecule has 2 unspecified atom stereocenters. The number of piperidine rings is 1. The van der Waals surface area contributed by atoms with Gasteiger partial charge in [0.1, 0.15) is 5.72 Å². The third-order valence-corrected chi connectivity index (χ3v) is 7.33. The van der Waals surface area contributed by atoms with Crippen molar-refractivity contribution >= 4 is 10.0 Å². The summed E-state index contributed by atoms with van der Waals surface area (Å²) >= 11 is 0. The second-order valence-corrected chi connectivity index (χ2v) is 9.91. The zero-order chi connectivity index (χ0) is 16.4. The molecule has 0 spiro atoms. The summed E-state index contributed by atoms with van der Waals surface area (Å²) in [6.07, 6.45) is 2.23. The van der Waals surface area contributed by atoms with Gasteiger partial charge in [0.05, 0.1) is 4.90 Å². The van der Waals surface area contributed by atoms with Gasteiger partial charge in [0, 0.05) is 12.0 Å². The summed E-state index contributed by atoms with van der Waals surface area (Å²) in [5.74, 6) is 0. The van der Waals surface area contributed by atoms with Crippen molar-refractivity contribution in [3.63, 3.8) is 0 Å². The number of aryl methyl sites for hydroxylation is 1. The number of hydrogen-bond acceptors (Lipinski definition) is 3. The summed E-state index contributed by atoms with van der Waals surface area (Å²) < 4.78 is 27.5. The highest BCUT2D eigenvalue weighted by molar-refractivity contribution is 7.89. The maximum atomic E-state index is 13.1. The molecule has 0 bridgehead atoms. The van der Waals surface area contributed by atoms with Gasteiger partial charge in [-0.05, 0) is 43.7 Å². The second-order valence-electron chi connectivity index (χ2n) is 8.04. The van der Waals surface area contributed by atoms with Crippen molar-refractivity contribution in [2.24, 2.45) is 10.8 Å². The number of hydrogen-bond donors (Lipinski definition) is 1. The van der Waals surface area contributed by atoms with Crippen molar-refractivity contribution in [2.45, 2.75) is 57.6 Å². The van der Waals surface area contributed by atoms with Crippen LogP contribution in [0.4, 0.5) is 0 Å². The Morgan fingerprint density at radius 2 is 1.68 bits per heavy atom. The van der Waals surface area contributed by atoms with Gasteiger partial charge in [-0.1, -0.05) is 38.5 Å². The van der Waals surface area contributed by atoms with Crippen LogP contribution in [0.3, 0.4) is 0 Å². The Kier molecular flexibility index (Phi) is 3.31. The van der Waals surface area contributed by atoms with Crippen LogP contribution in [0.15, 0.2) is 29.2 Å². The molecule has 1 saturated carbocycles. The van der Waals surface area contributed by atoms with Crippen LogP contribution in [-0.2, 0) is 10.0 Å². The van der Waals surface area contributed by atoms with Crippen molar-refractivity contribution in [1.82, 2.24) is 4.31 Å². The van der Waals surface area contributed by atoms with Crippen LogP contribution in [-0.4, -0.2) is 30.1 Å². The fourth-order valence-electron chi connectivity index (χ4n) is 4.18. The molecule has 22 heavy (non-hydrogen) atoms. The van der Waals surface area contributed by atoms with E-state index < -0.39 is 15.7 Å². The Labute approximate surface area is 133 Å². The number of rotatable bonds is 2. The Morgan fingerprint density at radius 1 is 1.09 bits per heavy atom. The van der Waals surface area contributed by atoms with Crippen LogP contribution in [0.5, 0.6) is 0 Å². The minimum atomic E-state index is -3.69. The lowest BCUT2D eigenvalue weighted by molar-refractivity contribution is -0.264. The monoisotopic (exact) mass is 323 g/mol. The summed E-state index contributed by atoms with van der Waals surface area (Å²) in [7, 11) is -3.69. The molecule has 2 atom stereocenters. The summed E-state index contributed by atoms with van der Waals surface area (Å²) in [4.78, 5) is 0.262. The third kappa shape index (κ3) is 2.14. The average molecular weight is 323 g/mol. The first-order chi connectivity index (χ1) is 10.0. The smallest absolute Gasteiger partial charge is 0.245 e. The van der Waals surface area contributed by atoms with E-state index in [9.17, 15) is 13.5 Å². The lowest BCUT2D eigenvalue weighted by Crippen LogP contribution is -2.72. The fourth-order valence-corrected chi connectivity index (χ4v) is 6.15. The lowest BCUT2D eigenvalue weighted by atomic mass is 9.54. The van der Waals surface area contributed by atoms with Crippen LogP contribution in [0, 0.1) is 17.8 Å². The molecule has 2 aliphatic rings. The van der Waals surface area contributed by atoms with E-state index in [2.05, 4.69) is 13.8 Å². The highest BCUT2D eigenvalue weighted by Crippen LogP contribution is 2.61. The molecule has 5 heteroatoms. The van der Waals surface area contributed by atoms with Gasteiger partial charge in [0.2, 0.25) is 10.0 Å². The molecule has 1 heterocycles. The van der Waals surface area contributed by atoms with Crippen LogP contribution in [0.2, 0.25) is 0 Å². The van der Waals surface area contributed by atoms with Crippen molar-refractivity contribution in [1.29, 1.82) is 0 Å². The molecule has 1 aromatic rings. The van der Waals surface area contributed by atoms with Crippen LogP contribution in [0.25, 0.3) is 0 Å². The van der Waals surface area contributed by atoms with Crippen molar-refractivity contribution < 1.29 is 13.5 Å². The third-order valence-electron chi connectivity index (χ3n) is 5.45. The first kappa shape index (κ1) is 16.0. The normalized spacial score (nSPS) is 34.8. The molecule has 1 N–H and O–H groups in total. The molecule has 0 radical (unpaired) electrons. The molecule has 122 valence electrons. The van der Waals surface area contributed by atoms with Gasteiger partial charge >= 0.3 is 0 Å². The maximum absolute atomic E-state index is 13.1. The first-order valence-corrected chi connectivity index (χ1v) is 9.26. The van der Waals surface area contributed by atoms with Crippen LogP contribution >= 0.6 is 0 Å². The molecule has 0 aromatic heterocycles. The minimum Gasteiger partial charge on any atom is -0.374 e. The molecule has 3 rings (SSSR count). The lowest BCUT2D eigenvalue weighted by Gasteiger charge is -2.64. The molecule has 0 amide bonds. The number of aliphatic hydroxyl groups is 1. The molecule has 2 fully saturated rings. The van der Waals surface area contributed by atoms with E-state index >= 15 is 0 Å². The fraction of sp³-hybridized carbons (Fsp3) is 0.647. The van der Waals surface area contributed by atoms with Gasteiger partial charge in [-0.25, -0.2) is 8.42 Å². The van der Waals surface area contributed by atoms with Gasteiger partial charge in [0.15, 0.2) is 0 Å². The molecular formula is C17H25NO3S. The largest absolute Gasteiger partial charge is 0.374 e. The van der Waals surface area contributed by atoms with Gasteiger partial charge in [-0.15, -0.1) is 0 Å². The molecule has 1 saturated heterocycles. The van der Waals surface area contributed by atoms with Gasteiger partial charge in [-0.3, -0.25) is 0 Å². The first-order valence-electron chi connectivity index (χ1n) is 7.82. The molecule has 1 aliphatic heterocycles. The van der Waals surface area contributed by atoms with Crippen molar-refractivity contribution in [2.75, 3.05) is 6.54 Å².